The minimum atomic E-state index is -4.52. The summed E-state index contributed by atoms with van der Waals surface area (Å²) in [6.45, 7) is 1.66. The number of hydrogen-bond donors (Lipinski definition) is 1. The summed E-state index contributed by atoms with van der Waals surface area (Å²) >= 11 is 0. The molecule has 1 amide bonds. The fourth-order valence-corrected chi connectivity index (χ4v) is 3.04. The second-order valence-electron chi connectivity index (χ2n) is 6.89. The van der Waals surface area contributed by atoms with E-state index in [2.05, 4.69) is 25.4 Å². The highest BCUT2D eigenvalue weighted by molar-refractivity contribution is 5.95. The largest absolute Gasteiger partial charge is 0.416 e. The SMILES string of the molecule is CC(NC(=O)c1cc(C2CC2)cc(C(F)(F)F)c1)c1ncnn1-c1ncccn1. The van der Waals surface area contributed by atoms with E-state index < -0.39 is 23.7 Å². The van der Waals surface area contributed by atoms with Crippen LogP contribution >= 0.6 is 0 Å². The molecule has 2 heterocycles. The predicted octanol–water partition coefficient (Wildman–Crippen LogP) is 3.44. The standard InChI is InChI=1S/C19H17F3N6O/c1-11(16-25-10-26-28(16)18-23-5-2-6-24-18)27-17(29)14-7-13(12-3-4-12)8-15(9-14)19(20,21)22/h2,5-12H,3-4H2,1H3,(H,27,29). The highest BCUT2D eigenvalue weighted by Crippen LogP contribution is 2.42. The Bertz CT molecular complexity index is 1030. The molecule has 0 aliphatic heterocycles. The van der Waals surface area contributed by atoms with Crippen molar-refractivity contribution in [3.8, 4) is 5.95 Å². The van der Waals surface area contributed by atoms with Gasteiger partial charge < -0.3 is 5.32 Å². The lowest BCUT2D eigenvalue weighted by atomic mass is 10.0. The molecule has 0 saturated heterocycles. The van der Waals surface area contributed by atoms with Crippen LogP contribution in [-0.2, 0) is 6.18 Å². The summed E-state index contributed by atoms with van der Waals surface area (Å²) < 4.78 is 41.1. The summed E-state index contributed by atoms with van der Waals surface area (Å²) in [6.07, 6.45) is 1.52. The van der Waals surface area contributed by atoms with Crippen molar-refractivity contribution in [2.24, 2.45) is 0 Å². The molecule has 29 heavy (non-hydrogen) atoms. The van der Waals surface area contributed by atoms with E-state index in [0.29, 0.717) is 11.4 Å². The maximum Gasteiger partial charge on any atom is 0.416 e. The number of benzene rings is 1. The number of carbonyl (C=O) groups is 1. The molecule has 1 aliphatic carbocycles. The zero-order chi connectivity index (χ0) is 20.6. The van der Waals surface area contributed by atoms with Crippen LogP contribution in [-0.4, -0.2) is 30.6 Å². The summed E-state index contributed by atoms with van der Waals surface area (Å²) in [5, 5.41) is 6.75. The van der Waals surface area contributed by atoms with Gasteiger partial charge in [0.15, 0.2) is 5.82 Å². The molecule has 0 radical (unpaired) electrons. The number of rotatable bonds is 5. The molecular formula is C19H17F3N6O. The van der Waals surface area contributed by atoms with Crippen LogP contribution in [0.25, 0.3) is 5.95 Å². The van der Waals surface area contributed by atoms with Crippen LogP contribution in [0, 0.1) is 0 Å². The van der Waals surface area contributed by atoms with Crippen molar-refractivity contribution in [2.45, 2.75) is 37.9 Å². The number of carbonyl (C=O) groups excluding carboxylic acids is 1. The van der Waals surface area contributed by atoms with E-state index in [0.717, 1.165) is 25.0 Å². The average molecular weight is 402 g/mol. The van der Waals surface area contributed by atoms with Crippen LogP contribution in [0.4, 0.5) is 13.2 Å². The zero-order valence-corrected chi connectivity index (χ0v) is 15.4. The Morgan fingerprint density at radius 2 is 1.90 bits per heavy atom. The quantitative estimate of drug-likeness (QED) is 0.707. The second kappa shape index (κ2) is 7.26. The van der Waals surface area contributed by atoms with Gasteiger partial charge in [-0.1, -0.05) is 0 Å². The molecule has 1 aromatic carbocycles. The molecular weight excluding hydrogens is 385 g/mol. The van der Waals surface area contributed by atoms with Crippen LogP contribution in [0.1, 0.15) is 59.0 Å². The summed E-state index contributed by atoms with van der Waals surface area (Å²) in [6, 6.07) is 4.55. The van der Waals surface area contributed by atoms with Crippen LogP contribution in [0.15, 0.2) is 43.0 Å². The summed E-state index contributed by atoms with van der Waals surface area (Å²) in [7, 11) is 0. The first-order valence-corrected chi connectivity index (χ1v) is 9.03. The minimum absolute atomic E-state index is 0.0319. The summed E-state index contributed by atoms with van der Waals surface area (Å²) in [5.74, 6) is 0.101. The Morgan fingerprint density at radius 3 is 2.55 bits per heavy atom. The minimum Gasteiger partial charge on any atom is -0.342 e. The highest BCUT2D eigenvalue weighted by Gasteiger charge is 2.34. The van der Waals surface area contributed by atoms with Gasteiger partial charge in [-0.25, -0.2) is 15.0 Å². The molecule has 4 rings (SSSR count). The maximum atomic E-state index is 13.3. The van der Waals surface area contributed by atoms with Crippen molar-refractivity contribution < 1.29 is 18.0 Å². The number of halogens is 3. The van der Waals surface area contributed by atoms with E-state index in [-0.39, 0.29) is 17.4 Å². The smallest absolute Gasteiger partial charge is 0.342 e. The van der Waals surface area contributed by atoms with Crippen molar-refractivity contribution in [1.82, 2.24) is 30.0 Å². The van der Waals surface area contributed by atoms with Crippen molar-refractivity contribution in [1.29, 1.82) is 0 Å². The van der Waals surface area contributed by atoms with Gasteiger partial charge in [0.1, 0.15) is 6.33 Å². The van der Waals surface area contributed by atoms with Gasteiger partial charge in [0, 0.05) is 18.0 Å². The third kappa shape index (κ3) is 4.10. The molecule has 1 fully saturated rings. The molecule has 2 aromatic heterocycles. The van der Waals surface area contributed by atoms with Crippen molar-refractivity contribution in [3.63, 3.8) is 0 Å². The van der Waals surface area contributed by atoms with Crippen molar-refractivity contribution in [3.05, 3.63) is 65.5 Å². The monoisotopic (exact) mass is 402 g/mol. The summed E-state index contributed by atoms with van der Waals surface area (Å²) in [5.41, 5.74) is -0.311. The fourth-order valence-electron chi connectivity index (χ4n) is 3.04. The van der Waals surface area contributed by atoms with E-state index in [4.69, 9.17) is 0 Å². The van der Waals surface area contributed by atoms with Crippen LogP contribution in [0.2, 0.25) is 0 Å². The highest BCUT2D eigenvalue weighted by atomic mass is 19.4. The van der Waals surface area contributed by atoms with Gasteiger partial charge >= 0.3 is 6.18 Å². The lowest BCUT2D eigenvalue weighted by Crippen LogP contribution is -2.29. The Hall–Kier alpha value is -3.30. The van der Waals surface area contributed by atoms with Gasteiger partial charge in [0.2, 0.25) is 0 Å². The van der Waals surface area contributed by atoms with E-state index in [1.807, 2.05) is 0 Å². The molecule has 1 atom stereocenters. The van der Waals surface area contributed by atoms with Gasteiger partial charge in [0.05, 0.1) is 11.6 Å². The number of hydrogen-bond acceptors (Lipinski definition) is 5. The molecule has 1 aliphatic rings. The topological polar surface area (TPSA) is 85.6 Å². The van der Waals surface area contributed by atoms with Gasteiger partial charge in [-0.15, -0.1) is 0 Å². The number of aromatic nitrogens is 5. The number of amides is 1. The lowest BCUT2D eigenvalue weighted by Gasteiger charge is -2.16. The lowest BCUT2D eigenvalue weighted by molar-refractivity contribution is -0.137. The molecule has 0 spiro atoms. The van der Waals surface area contributed by atoms with E-state index in [1.165, 1.54) is 17.1 Å². The maximum absolute atomic E-state index is 13.3. The molecule has 1 unspecified atom stereocenters. The van der Waals surface area contributed by atoms with Gasteiger partial charge in [-0.2, -0.15) is 23.0 Å². The van der Waals surface area contributed by atoms with E-state index >= 15 is 0 Å². The average Bonchev–Trinajstić information content (AvgIpc) is 3.43. The molecule has 7 nitrogen and oxygen atoms in total. The third-order valence-electron chi connectivity index (χ3n) is 4.64. The second-order valence-corrected chi connectivity index (χ2v) is 6.89. The molecule has 10 heteroatoms. The van der Waals surface area contributed by atoms with Crippen LogP contribution < -0.4 is 5.32 Å². The van der Waals surface area contributed by atoms with E-state index in [1.54, 1.807) is 25.4 Å². The first-order chi connectivity index (χ1) is 13.8. The van der Waals surface area contributed by atoms with Gasteiger partial charge in [-0.05, 0) is 55.5 Å². The Kier molecular flexibility index (Phi) is 4.77. The molecule has 150 valence electrons. The fraction of sp³-hybridized carbons (Fsp3) is 0.316. The Balaban J connectivity index is 1.59. The van der Waals surface area contributed by atoms with E-state index in [9.17, 15) is 18.0 Å². The first kappa shape index (κ1) is 19.0. The number of alkyl halides is 3. The first-order valence-electron chi connectivity index (χ1n) is 9.03. The summed E-state index contributed by atoms with van der Waals surface area (Å²) in [4.78, 5) is 25.0. The van der Waals surface area contributed by atoms with Gasteiger partial charge in [0.25, 0.3) is 11.9 Å². The third-order valence-corrected chi connectivity index (χ3v) is 4.64. The van der Waals surface area contributed by atoms with Gasteiger partial charge in [-0.3, -0.25) is 4.79 Å². The Morgan fingerprint density at radius 1 is 1.17 bits per heavy atom. The normalized spacial score (nSPS) is 15.2. The zero-order valence-electron chi connectivity index (χ0n) is 15.4. The predicted molar refractivity (Wildman–Crippen MR) is 96.2 cm³/mol. The molecule has 0 bridgehead atoms. The van der Waals surface area contributed by atoms with Crippen LogP contribution in [0.3, 0.4) is 0 Å². The van der Waals surface area contributed by atoms with Crippen LogP contribution in [0.5, 0.6) is 0 Å². The van der Waals surface area contributed by atoms with Crippen molar-refractivity contribution in [2.75, 3.05) is 0 Å². The number of nitrogens with zero attached hydrogens (tertiary/aromatic N) is 5. The Labute approximate surface area is 164 Å². The molecule has 3 aromatic rings. The number of nitrogens with one attached hydrogen (secondary N) is 1. The molecule has 1 saturated carbocycles. The van der Waals surface area contributed by atoms with Crippen molar-refractivity contribution >= 4 is 5.91 Å². The molecule has 1 N–H and O–H groups in total.